The molecule has 0 aromatic rings. The van der Waals surface area contributed by atoms with E-state index in [1.807, 2.05) is 0 Å². The van der Waals surface area contributed by atoms with Crippen molar-refractivity contribution in [2.75, 3.05) is 6.61 Å². The Labute approximate surface area is 198 Å². The summed E-state index contributed by atoms with van der Waals surface area (Å²) in [5.41, 5.74) is -1.66. The summed E-state index contributed by atoms with van der Waals surface area (Å²) in [6.07, 6.45) is 5.77. The van der Waals surface area contributed by atoms with E-state index in [1.54, 1.807) is 0 Å². The Morgan fingerprint density at radius 3 is 2.22 bits per heavy atom. The second-order valence-electron chi connectivity index (χ2n) is 10.2. The average Bonchev–Trinajstić information content (AvgIpc) is 2.62. The summed E-state index contributed by atoms with van der Waals surface area (Å²) in [7, 11) is -5.73. The molecule has 32 heavy (non-hydrogen) atoms. The lowest BCUT2D eigenvalue weighted by Gasteiger charge is -2.62. The fourth-order valence-corrected chi connectivity index (χ4v) is 8.85. The van der Waals surface area contributed by atoms with Crippen LogP contribution < -0.4 is 0 Å². The minimum absolute atomic E-state index is 0.140. The van der Waals surface area contributed by atoms with Gasteiger partial charge in [-0.05, 0) is 44.4 Å². The quantitative estimate of drug-likeness (QED) is 0.209. The number of hydrogen-bond acceptors (Lipinski definition) is 7. The topological polar surface area (TPSA) is 127 Å². The Hall–Kier alpha value is -0.600. The molecule has 12 heteroatoms. The van der Waals surface area contributed by atoms with Crippen LogP contribution in [0.5, 0.6) is 0 Å². The predicted octanol–water partition coefficient (Wildman–Crippen LogP) is 3.00. The van der Waals surface area contributed by atoms with E-state index in [4.69, 9.17) is 9.29 Å². The molecule has 8 nitrogen and oxygen atoms in total. The van der Waals surface area contributed by atoms with Gasteiger partial charge in [-0.1, -0.05) is 35.4 Å². The van der Waals surface area contributed by atoms with Gasteiger partial charge in [-0.3, -0.25) is 14.1 Å². The van der Waals surface area contributed by atoms with Gasteiger partial charge in [0, 0.05) is 16.3 Å². The van der Waals surface area contributed by atoms with Crippen molar-refractivity contribution in [2.45, 2.75) is 84.1 Å². The molecule has 6 unspecified atom stereocenters. The molecular weight excluding hydrogens is 565 g/mol. The monoisotopic (exact) mass is 592 g/mol. The molecule has 182 valence electrons. The summed E-state index contributed by atoms with van der Waals surface area (Å²) in [4.78, 5) is 25.6. The van der Waals surface area contributed by atoms with E-state index in [-0.39, 0.29) is 15.8 Å². The Morgan fingerprint density at radius 2 is 1.66 bits per heavy atom. The molecule has 0 saturated heterocycles. The lowest BCUT2D eigenvalue weighted by atomic mass is 9.52. The number of esters is 2. The molecule has 0 aromatic heterocycles. The van der Waals surface area contributed by atoms with Crippen LogP contribution in [-0.2, 0) is 29.2 Å². The number of aliphatic hydroxyl groups is 1. The summed E-state index contributed by atoms with van der Waals surface area (Å²) in [5.74, 6) is -3.36. The van der Waals surface area contributed by atoms with E-state index in [0.29, 0.717) is 51.4 Å². The molecule has 2 N–H and O–H groups in total. The molecule has 0 aromatic carbocycles. The van der Waals surface area contributed by atoms with Gasteiger partial charge in [0.2, 0.25) is 0 Å². The maximum atomic E-state index is 13.4. The number of carbonyl (C=O) groups is 2. The van der Waals surface area contributed by atoms with Crippen LogP contribution in [0.4, 0.5) is 8.78 Å². The Kier molecular flexibility index (Phi) is 6.11. The lowest BCUT2D eigenvalue weighted by molar-refractivity contribution is -0.217. The molecule has 5 aliphatic rings. The maximum absolute atomic E-state index is 13.4. The number of halogens is 3. The van der Waals surface area contributed by atoms with Crippen LogP contribution in [0.15, 0.2) is 0 Å². The highest BCUT2D eigenvalue weighted by Gasteiger charge is 2.64. The van der Waals surface area contributed by atoms with Crippen LogP contribution in [0.25, 0.3) is 0 Å². The first-order chi connectivity index (χ1) is 14.7. The molecule has 0 heterocycles. The van der Waals surface area contributed by atoms with Crippen LogP contribution >= 0.6 is 22.6 Å². The Bertz CT molecular complexity index is 891. The molecule has 0 amide bonds. The van der Waals surface area contributed by atoms with E-state index in [2.05, 4.69) is 27.3 Å². The molecule has 5 saturated carbocycles. The maximum Gasteiger partial charge on any atom is 0.402 e. The normalized spacial score (nSPS) is 41.3. The van der Waals surface area contributed by atoms with Crippen molar-refractivity contribution in [3.05, 3.63) is 0 Å². The molecule has 5 rings (SSSR count). The van der Waals surface area contributed by atoms with Gasteiger partial charge >= 0.3 is 27.3 Å². The summed E-state index contributed by atoms with van der Waals surface area (Å²) in [6, 6.07) is 0. The molecule has 0 radical (unpaired) electrons. The molecule has 4 bridgehead atoms. The standard InChI is InChI=1S/C20H27F2IO8S/c21-20(22,32(27,28)29)11-30-15(24)13-3-1-2-4-14(13)16(25)31-19-7-12-5-17(23,9-19)8-18(26,6-12)10-19/h12-14,26H,1-11H2,(H,27,28,29). The number of ether oxygens (including phenoxy) is 2. The zero-order valence-corrected chi connectivity index (χ0v) is 20.4. The number of rotatable bonds is 6. The van der Waals surface area contributed by atoms with Crippen LogP contribution in [0.1, 0.15) is 64.2 Å². The second-order valence-corrected chi connectivity index (χ2v) is 14.0. The van der Waals surface area contributed by atoms with Gasteiger partial charge < -0.3 is 14.6 Å². The van der Waals surface area contributed by atoms with Crippen molar-refractivity contribution in [2.24, 2.45) is 17.8 Å². The number of alkyl halides is 3. The van der Waals surface area contributed by atoms with Gasteiger partial charge in [0.25, 0.3) is 0 Å². The average molecular weight is 592 g/mol. The van der Waals surface area contributed by atoms with E-state index in [1.165, 1.54) is 0 Å². The minimum Gasteiger partial charge on any atom is -0.459 e. The SMILES string of the molecule is O=C(OCC(F)(F)S(=O)(=O)O)C1CCCCC1C(=O)OC12CC3CC(O)(CC(I)(C3)C1)C2. The molecular formula is C20H27F2IO8S. The van der Waals surface area contributed by atoms with Crippen molar-refractivity contribution >= 4 is 44.6 Å². The van der Waals surface area contributed by atoms with Gasteiger partial charge in [-0.2, -0.15) is 17.2 Å². The van der Waals surface area contributed by atoms with Crippen molar-refractivity contribution < 1.29 is 45.9 Å². The summed E-state index contributed by atoms with van der Waals surface area (Å²) in [5, 5.41) is 6.37. The van der Waals surface area contributed by atoms with Gasteiger partial charge in [0.15, 0.2) is 6.61 Å². The largest absolute Gasteiger partial charge is 0.459 e. The fourth-order valence-electron chi connectivity index (χ4n) is 6.62. The van der Waals surface area contributed by atoms with Gasteiger partial charge in [0.05, 0.1) is 17.4 Å². The van der Waals surface area contributed by atoms with Crippen LogP contribution in [-0.4, -0.2) is 56.5 Å². The lowest BCUT2D eigenvalue weighted by Crippen LogP contribution is -2.65. The number of carbonyl (C=O) groups excluding carboxylic acids is 2. The molecule has 0 spiro atoms. The highest BCUT2D eigenvalue weighted by molar-refractivity contribution is 14.1. The molecule has 5 fully saturated rings. The van der Waals surface area contributed by atoms with Crippen LogP contribution in [0.3, 0.4) is 0 Å². The Balaban J connectivity index is 1.45. The second kappa shape index (κ2) is 7.98. The zero-order chi connectivity index (χ0) is 23.6. The van der Waals surface area contributed by atoms with Gasteiger partial charge in [-0.15, -0.1) is 0 Å². The number of hydrogen-bond donors (Lipinski definition) is 2. The first-order valence-electron chi connectivity index (χ1n) is 10.8. The summed E-state index contributed by atoms with van der Waals surface area (Å²) < 4.78 is 67.3. The highest BCUT2D eigenvalue weighted by atomic mass is 127. The summed E-state index contributed by atoms with van der Waals surface area (Å²) in [6.45, 7) is -1.82. The third-order valence-corrected chi connectivity index (χ3v) is 9.44. The van der Waals surface area contributed by atoms with Crippen molar-refractivity contribution in [1.82, 2.24) is 0 Å². The first kappa shape index (κ1) is 24.5. The third kappa shape index (κ3) is 4.65. The van der Waals surface area contributed by atoms with Gasteiger partial charge in [-0.25, -0.2) is 0 Å². The minimum atomic E-state index is -5.73. The molecule has 0 aliphatic heterocycles. The van der Waals surface area contributed by atoms with Crippen molar-refractivity contribution in [1.29, 1.82) is 0 Å². The van der Waals surface area contributed by atoms with Crippen molar-refractivity contribution in [3.63, 3.8) is 0 Å². The van der Waals surface area contributed by atoms with Gasteiger partial charge in [0.1, 0.15) is 5.60 Å². The molecule has 5 aliphatic carbocycles. The van der Waals surface area contributed by atoms with Crippen molar-refractivity contribution in [3.8, 4) is 0 Å². The van der Waals surface area contributed by atoms with E-state index in [9.17, 15) is 31.9 Å². The highest BCUT2D eigenvalue weighted by Crippen LogP contribution is 2.63. The zero-order valence-electron chi connectivity index (χ0n) is 17.4. The first-order valence-corrected chi connectivity index (χ1v) is 13.3. The third-order valence-electron chi connectivity index (χ3n) is 7.37. The predicted molar refractivity (Wildman–Crippen MR) is 115 cm³/mol. The van der Waals surface area contributed by atoms with E-state index in [0.717, 1.165) is 6.42 Å². The Morgan fingerprint density at radius 1 is 1.03 bits per heavy atom. The fraction of sp³-hybridized carbons (Fsp3) is 0.900. The van der Waals surface area contributed by atoms with Crippen LogP contribution in [0, 0.1) is 17.8 Å². The van der Waals surface area contributed by atoms with E-state index >= 15 is 0 Å². The molecule has 6 atom stereocenters. The van der Waals surface area contributed by atoms with E-state index < -0.39 is 57.0 Å². The van der Waals surface area contributed by atoms with Crippen LogP contribution in [0.2, 0.25) is 0 Å². The smallest absolute Gasteiger partial charge is 0.402 e. The summed E-state index contributed by atoms with van der Waals surface area (Å²) >= 11 is 2.36.